The fraction of sp³-hybridized carbons (Fsp3) is 0.238. The Labute approximate surface area is 169 Å². The Hall–Kier alpha value is -2.44. The van der Waals surface area contributed by atoms with Gasteiger partial charge in [-0.05, 0) is 55.0 Å². The highest BCUT2D eigenvalue weighted by Crippen LogP contribution is 2.26. The van der Waals surface area contributed by atoms with Gasteiger partial charge in [0.2, 0.25) is 0 Å². The number of hydrogen-bond donors (Lipinski definition) is 0. The van der Waals surface area contributed by atoms with Gasteiger partial charge in [-0.1, -0.05) is 24.9 Å². The first-order chi connectivity index (χ1) is 13.3. The maximum Gasteiger partial charge on any atom is 0.182 e. The molecule has 0 spiro atoms. The molecule has 0 amide bonds. The van der Waals surface area contributed by atoms with Crippen molar-refractivity contribution in [2.75, 3.05) is 6.26 Å². The number of carbonyl (C=O) groups is 1. The van der Waals surface area contributed by atoms with Crippen LogP contribution < -0.4 is 0 Å². The van der Waals surface area contributed by atoms with Crippen molar-refractivity contribution in [2.45, 2.75) is 31.1 Å². The Kier molecular flexibility index (Phi) is 6.01. The number of rotatable bonds is 7. The van der Waals surface area contributed by atoms with Gasteiger partial charge in [-0.3, -0.25) is 9.36 Å². The number of unbranched alkanes of at least 4 members (excludes halogenated alkanes) is 1. The molecule has 0 aliphatic carbocycles. The first kappa shape index (κ1) is 20.3. The van der Waals surface area contributed by atoms with Crippen LogP contribution in [0.25, 0.3) is 17.1 Å². The van der Waals surface area contributed by atoms with Crippen LogP contribution in [0, 0.1) is 0 Å². The van der Waals surface area contributed by atoms with E-state index < -0.39 is 9.84 Å². The van der Waals surface area contributed by atoms with Crippen LogP contribution in [-0.2, 0) is 9.84 Å². The van der Waals surface area contributed by atoms with Gasteiger partial charge in [0.1, 0.15) is 11.5 Å². The van der Waals surface area contributed by atoms with Gasteiger partial charge in [0.15, 0.2) is 15.6 Å². The number of benzene rings is 2. The van der Waals surface area contributed by atoms with Gasteiger partial charge >= 0.3 is 0 Å². The smallest absolute Gasteiger partial charge is 0.182 e. The number of sulfone groups is 1. The topological polar surface area (TPSA) is 69.0 Å². The van der Waals surface area contributed by atoms with Gasteiger partial charge in [0, 0.05) is 35.1 Å². The molecule has 0 bridgehead atoms. The summed E-state index contributed by atoms with van der Waals surface area (Å²) >= 11 is 5.99. The second kappa shape index (κ2) is 8.29. The zero-order valence-electron chi connectivity index (χ0n) is 15.7. The molecule has 146 valence electrons. The highest BCUT2D eigenvalue weighted by molar-refractivity contribution is 7.90. The Morgan fingerprint density at radius 1 is 1.07 bits per heavy atom. The number of imidazole rings is 1. The average Bonchev–Trinajstić information content (AvgIpc) is 3.11. The van der Waals surface area contributed by atoms with Gasteiger partial charge < -0.3 is 0 Å². The number of ketones is 1. The molecule has 3 rings (SSSR count). The predicted molar refractivity (Wildman–Crippen MR) is 111 cm³/mol. The lowest BCUT2D eigenvalue weighted by atomic mass is 10.1. The molecule has 0 aliphatic rings. The molecule has 1 aromatic heterocycles. The fourth-order valence-electron chi connectivity index (χ4n) is 2.83. The average molecular weight is 417 g/mol. The molecule has 28 heavy (non-hydrogen) atoms. The standard InChI is InChI=1S/C21H21ClN2O3S/c1-3-4-5-20(25)19-14-24(17-10-12-18(13-11-17)28(2,26)27)21(23-19)15-6-8-16(22)9-7-15/h6-14H,3-5H2,1-2H3. The molecule has 0 radical (unpaired) electrons. The van der Waals surface area contributed by atoms with Crippen LogP contribution in [-0.4, -0.2) is 30.0 Å². The van der Waals surface area contributed by atoms with E-state index in [2.05, 4.69) is 4.98 Å². The molecular weight excluding hydrogens is 396 g/mol. The molecular formula is C21H21ClN2O3S. The number of aromatic nitrogens is 2. The Morgan fingerprint density at radius 3 is 2.29 bits per heavy atom. The molecule has 0 atom stereocenters. The van der Waals surface area contributed by atoms with Crippen molar-refractivity contribution in [1.29, 1.82) is 0 Å². The molecule has 7 heteroatoms. The molecule has 0 N–H and O–H groups in total. The molecule has 5 nitrogen and oxygen atoms in total. The second-order valence-corrected chi connectivity index (χ2v) is 9.07. The normalized spacial score (nSPS) is 11.5. The summed E-state index contributed by atoms with van der Waals surface area (Å²) in [6, 6.07) is 13.7. The molecule has 0 saturated heterocycles. The number of carbonyl (C=O) groups excluding carboxylic acids is 1. The first-order valence-corrected chi connectivity index (χ1v) is 11.3. The van der Waals surface area contributed by atoms with Crippen LogP contribution in [0.4, 0.5) is 0 Å². The molecule has 0 unspecified atom stereocenters. The summed E-state index contributed by atoms with van der Waals surface area (Å²) in [7, 11) is -3.28. The van der Waals surface area contributed by atoms with E-state index in [1.165, 1.54) is 6.26 Å². The molecule has 0 aliphatic heterocycles. The Balaban J connectivity index is 2.08. The monoisotopic (exact) mass is 416 g/mol. The number of nitrogens with zero attached hydrogens (tertiary/aromatic N) is 2. The minimum atomic E-state index is -3.28. The minimum Gasteiger partial charge on any atom is -0.299 e. The lowest BCUT2D eigenvalue weighted by molar-refractivity contribution is 0.0975. The van der Waals surface area contributed by atoms with Gasteiger partial charge in [0.25, 0.3) is 0 Å². The van der Waals surface area contributed by atoms with Gasteiger partial charge in [0.05, 0.1) is 4.90 Å². The van der Waals surface area contributed by atoms with Gasteiger partial charge in [-0.2, -0.15) is 0 Å². The van der Waals surface area contributed by atoms with Crippen LogP contribution in [0.3, 0.4) is 0 Å². The maximum atomic E-state index is 12.5. The number of hydrogen-bond acceptors (Lipinski definition) is 4. The SMILES string of the molecule is CCCCC(=O)c1cn(-c2ccc(S(C)(=O)=O)cc2)c(-c2ccc(Cl)cc2)n1. The quantitative estimate of drug-likeness (QED) is 0.510. The summed E-state index contributed by atoms with van der Waals surface area (Å²) in [5.41, 5.74) is 1.93. The first-order valence-electron chi connectivity index (χ1n) is 8.98. The van der Waals surface area contributed by atoms with Crippen molar-refractivity contribution < 1.29 is 13.2 Å². The zero-order valence-corrected chi connectivity index (χ0v) is 17.3. The van der Waals surface area contributed by atoms with Gasteiger partial charge in [-0.15, -0.1) is 0 Å². The summed E-state index contributed by atoms with van der Waals surface area (Å²) < 4.78 is 25.2. The van der Waals surface area contributed by atoms with Crippen molar-refractivity contribution in [3.8, 4) is 17.1 Å². The van der Waals surface area contributed by atoms with Crippen LogP contribution in [0.15, 0.2) is 59.6 Å². The van der Waals surface area contributed by atoms with Crippen molar-refractivity contribution in [1.82, 2.24) is 9.55 Å². The van der Waals surface area contributed by atoms with E-state index in [-0.39, 0.29) is 10.7 Å². The molecule has 3 aromatic rings. The predicted octanol–water partition coefficient (Wildman–Crippen LogP) is 4.97. The van der Waals surface area contributed by atoms with Crippen molar-refractivity contribution >= 4 is 27.2 Å². The summed E-state index contributed by atoms with van der Waals surface area (Å²) in [6.07, 6.45) is 5.06. The van der Waals surface area contributed by atoms with E-state index in [1.807, 2.05) is 19.1 Å². The summed E-state index contributed by atoms with van der Waals surface area (Å²) in [4.78, 5) is 17.3. The number of halogens is 1. The third-order valence-electron chi connectivity index (χ3n) is 4.39. The lowest BCUT2D eigenvalue weighted by Gasteiger charge is -2.09. The van der Waals surface area contributed by atoms with E-state index >= 15 is 0 Å². The number of Topliss-reactive ketones (excluding diaryl/α,β-unsaturated/α-hetero) is 1. The highest BCUT2D eigenvalue weighted by Gasteiger charge is 2.17. The minimum absolute atomic E-state index is 0.0106. The van der Waals surface area contributed by atoms with Crippen molar-refractivity contribution in [3.63, 3.8) is 0 Å². The van der Waals surface area contributed by atoms with Crippen LogP contribution >= 0.6 is 11.6 Å². The van der Waals surface area contributed by atoms with E-state index in [1.54, 1.807) is 47.2 Å². The van der Waals surface area contributed by atoms with Crippen molar-refractivity contribution in [3.05, 3.63) is 65.4 Å². The van der Waals surface area contributed by atoms with Crippen LogP contribution in [0.2, 0.25) is 5.02 Å². The van der Waals surface area contributed by atoms with Crippen LogP contribution in [0.5, 0.6) is 0 Å². The fourth-order valence-corrected chi connectivity index (χ4v) is 3.59. The third-order valence-corrected chi connectivity index (χ3v) is 5.77. The highest BCUT2D eigenvalue weighted by atomic mass is 35.5. The van der Waals surface area contributed by atoms with E-state index in [9.17, 15) is 13.2 Å². The summed E-state index contributed by atoms with van der Waals surface area (Å²) in [5, 5.41) is 0.610. The maximum absolute atomic E-state index is 12.5. The largest absolute Gasteiger partial charge is 0.299 e. The van der Waals surface area contributed by atoms with E-state index in [4.69, 9.17) is 11.6 Å². The summed E-state index contributed by atoms with van der Waals surface area (Å²) in [5.74, 6) is 0.590. The van der Waals surface area contributed by atoms with Crippen LogP contribution in [0.1, 0.15) is 36.7 Å². The lowest BCUT2D eigenvalue weighted by Crippen LogP contribution is -2.00. The molecule has 0 saturated carbocycles. The van der Waals surface area contributed by atoms with E-state index in [0.717, 1.165) is 24.1 Å². The Morgan fingerprint density at radius 2 is 1.71 bits per heavy atom. The zero-order chi connectivity index (χ0) is 20.3. The van der Waals surface area contributed by atoms with Crippen molar-refractivity contribution in [2.24, 2.45) is 0 Å². The molecule has 2 aromatic carbocycles. The summed E-state index contributed by atoms with van der Waals surface area (Å²) in [6.45, 7) is 2.04. The molecule has 0 fully saturated rings. The Bertz CT molecular complexity index is 1090. The van der Waals surface area contributed by atoms with Gasteiger partial charge in [-0.25, -0.2) is 13.4 Å². The van der Waals surface area contributed by atoms with E-state index in [0.29, 0.717) is 23.0 Å². The third kappa shape index (κ3) is 4.51. The molecule has 1 heterocycles. The second-order valence-electron chi connectivity index (χ2n) is 6.62.